The van der Waals surface area contributed by atoms with E-state index in [0.29, 0.717) is 10.6 Å². The first-order valence-corrected chi connectivity index (χ1v) is 7.85. The molecule has 0 saturated heterocycles. The fourth-order valence-electron chi connectivity index (χ4n) is 1.74. The molecule has 0 unspecified atom stereocenters. The van der Waals surface area contributed by atoms with Crippen LogP contribution in [0.4, 0.5) is 5.82 Å². The molecule has 0 radical (unpaired) electrons. The van der Waals surface area contributed by atoms with Crippen molar-refractivity contribution in [1.29, 1.82) is 10.5 Å². The van der Waals surface area contributed by atoms with E-state index in [4.69, 9.17) is 11.0 Å². The molecule has 108 valence electrons. The summed E-state index contributed by atoms with van der Waals surface area (Å²) in [5.41, 5.74) is 6.71. The minimum atomic E-state index is -0.300. The molecule has 0 amide bonds. The van der Waals surface area contributed by atoms with Crippen molar-refractivity contribution in [3.05, 3.63) is 51.5 Å². The van der Waals surface area contributed by atoms with Gasteiger partial charge in [-0.3, -0.25) is 4.79 Å². The predicted octanol–water partition coefficient (Wildman–Crippen LogP) is 3.14. The number of hydrogen-bond acceptors (Lipinski definition) is 6. The number of hydrogen-bond donors (Lipinski definition) is 1. The smallest absolute Gasteiger partial charge is 0.196 e. The molecule has 0 bridgehead atoms. The Morgan fingerprint density at radius 3 is 2.59 bits per heavy atom. The molecule has 0 aliphatic rings. The van der Waals surface area contributed by atoms with Crippen LogP contribution in [0.2, 0.25) is 0 Å². The molecule has 7 heteroatoms. The first kappa shape index (κ1) is 16.0. The average Bonchev–Trinajstić information content (AvgIpc) is 2.53. The Hall–Kier alpha value is -2.35. The molecule has 1 aromatic heterocycles. The lowest BCUT2D eigenvalue weighted by molar-refractivity contribution is 0.103. The summed E-state index contributed by atoms with van der Waals surface area (Å²) in [4.78, 5) is 16.6. The molecule has 2 rings (SSSR count). The zero-order valence-electron chi connectivity index (χ0n) is 11.2. The van der Waals surface area contributed by atoms with Crippen LogP contribution in [0.25, 0.3) is 0 Å². The van der Waals surface area contributed by atoms with Crippen LogP contribution in [0.5, 0.6) is 0 Å². The summed E-state index contributed by atoms with van der Waals surface area (Å²) in [6.45, 7) is 0. The zero-order chi connectivity index (χ0) is 16.1. The number of pyridine rings is 1. The van der Waals surface area contributed by atoms with Crippen molar-refractivity contribution in [3.8, 4) is 12.1 Å². The van der Waals surface area contributed by atoms with Gasteiger partial charge in [-0.2, -0.15) is 10.5 Å². The maximum absolute atomic E-state index is 12.5. The van der Waals surface area contributed by atoms with Crippen LogP contribution in [0.3, 0.4) is 0 Å². The van der Waals surface area contributed by atoms with Gasteiger partial charge in [-0.25, -0.2) is 4.98 Å². The van der Waals surface area contributed by atoms with Gasteiger partial charge in [-0.1, -0.05) is 27.7 Å². The van der Waals surface area contributed by atoms with Crippen molar-refractivity contribution in [2.75, 3.05) is 11.5 Å². The number of nitriles is 2. The fraction of sp³-hybridized carbons (Fsp3) is 0.0667. The first-order chi connectivity index (χ1) is 10.6. The number of nitrogens with zero attached hydrogens (tertiary/aromatic N) is 3. The van der Waals surface area contributed by atoms with Gasteiger partial charge in [0.1, 0.15) is 16.9 Å². The number of nitrogens with two attached hydrogens (primary N) is 1. The number of thioether (sulfide) groups is 1. The summed E-state index contributed by atoms with van der Waals surface area (Å²) in [5.74, 6) is -0.0978. The van der Waals surface area contributed by atoms with Gasteiger partial charge in [0.15, 0.2) is 5.78 Å². The third kappa shape index (κ3) is 3.45. The number of carbonyl (C=O) groups is 1. The third-order valence-corrected chi connectivity index (χ3v) is 4.15. The Kier molecular flexibility index (Phi) is 5.16. The normalized spacial score (nSPS) is 9.77. The molecule has 0 saturated carbocycles. The highest BCUT2D eigenvalue weighted by atomic mass is 79.9. The summed E-state index contributed by atoms with van der Waals surface area (Å²) in [7, 11) is 0. The lowest BCUT2D eigenvalue weighted by Gasteiger charge is -2.08. The molecule has 5 nitrogen and oxygen atoms in total. The van der Waals surface area contributed by atoms with Gasteiger partial charge >= 0.3 is 0 Å². The molecule has 0 fully saturated rings. The second kappa shape index (κ2) is 7.08. The molecule has 0 atom stereocenters. The molecule has 2 aromatic rings. The topological polar surface area (TPSA) is 104 Å². The van der Waals surface area contributed by atoms with E-state index in [1.807, 2.05) is 12.1 Å². The Labute approximate surface area is 139 Å². The average molecular weight is 373 g/mol. The van der Waals surface area contributed by atoms with Crippen LogP contribution in [0, 0.1) is 22.7 Å². The summed E-state index contributed by atoms with van der Waals surface area (Å²) >= 11 is 4.41. The van der Waals surface area contributed by atoms with E-state index in [0.717, 1.165) is 16.2 Å². The maximum atomic E-state index is 12.5. The van der Waals surface area contributed by atoms with E-state index >= 15 is 0 Å². The maximum Gasteiger partial charge on any atom is 0.196 e. The Morgan fingerprint density at radius 2 is 2.00 bits per heavy atom. The van der Waals surface area contributed by atoms with Gasteiger partial charge in [-0.15, -0.1) is 0 Å². The molecule has 22 heavy (non-hydrogen) atoms. The number of halogens is 1. The van der Waals surface area contributed by atoms with Crippen LogP contribution < -0.4 is 5.73 Å². The first-order valence-electron chi connectivity index (χ1n) is 6.07. The molecular weight excluding hydrogens is 364 g/mol. The monoisotopic (exact) mass is 372 g/mol. The second-order valence-corrected chi connectivity index (χ2v) is 6.05. The van der Waals surface area contributed by atoms with Crippen molar-refractivity contribution in [1.82, 2.24) is 4.98 Å². The van der Waals surface area contributed by atoms with Crippen LogP contribution in [-0.4, -0.2) is 16.5 Å². The second-order valence-electron chi connectivity index (χ2n) is 4.17. The lowest BCUT2D eigenvalue weighted by atomic mass is 10.0. The number of aromatic nitrogens is 1. The van der Waals surface area contributed by atoms with E-state index < -0.39 is 0 Å². The molecule has 1 aromatic carbocycles. The van der Waals surface area contributed by atoms with E-state index in [-0.39, 0.29) is 28.5 Å². The van der Waals surface area contributed by atoms with Gasteiger partial charge < -0.3 is 5.73 Å². The van der Waals surface area contributed by atoms with E-state index in [1.165, 1.54) is 6.07 Å². The van der Waals surface area contributed by atoms with Gasteiger partial charge in [0.2, 0.25) is 0 Å². The van der Waals surface area contributed by atoms with Crippen LogP contribution in [-0.2, 0) is 0 Å². The quantitative estimate of drug-likeness (QED) is 0.652. The van der Waals surface area contributed by atoms with Crippen molar-refractivity contribution < 1.29 is 4.79 Å². The van der Waals surface area contributed by atoms with Crippen molar-refractivity contribution in [3.63, 3.8) is 0 Å². The van der Waals surface area contributed by atoms with Crippen molar-refractivity contribution in [2.24, 2.45) is 0 Å². The highest BCUT2D eigenvalue weighted by molar-refractivity contribution is 9.10. The Balaban J connectivity index is 2.43. The van der Waals surface area contributed by atoms with Crippen LogP contribution in [0.15, 0.2) is 39.8 Å². The fourth-order valence-corrected chi connectivity index (χ4v) is 2.63. The number of anilines is 1. The summed E-state index contributed by atoms with van der Waals surface area (Å²) in [6, 6.07) is 12.2. The Bertz CT molecular complexity index is 806. The van der Waals surface area contributed by atoms with Gasteiger partial charge in [0.25, 0.3) is 0 Å². The number of ketones is 1. The van der Waals surface area contributed by atoms with Crippen molar-refractivity contribution in [2.45, 2.75) is 5.03 Å². The number of nitrogen functional groups attached to an aromatic ring is 1. The van der Waals surface area contributed by atoms with Crippen molar-refractivity contribution >= 4 is 39.3 Å². The van der Waals surface area contributed by atoms with E-state index in [1.54, 1.807) is 24.3 Å². The number of benzene rings is 1. The highest BCUT2D eigenvalue weighted by Gasteiger charge is 2.17. The highest BCUT2D eigenvalue weighted by Crippen LogP contribution is 2.25. The summed E-state index contributed by atoms with van der Waals surface area (Å²) < 4.78 is 0.858. The van der Waals surface area contributed by atoms with E-state index in [2.05, 4.69) is 20.9 Å². The van der Waals surface area contributed by atoms with Gasteiger partial charge in [0.05, 0.1) is 22.9 Å². The Morgan fingerprint density at radius 1 is 1.32 bits per heavy atom. The summed E-state index contributed by atoms with van der Waals surface area (Å²) in [5, 5.41) is 18.1. The molecule has 0 aliphatic carbocycles. The van der Waals surface area contributed by atoms with Gasteiger partial charge in [-0.05, 0) is 30.3 Å². The third-order valence-electron chi connectivity index (χ3n) is 2.76. The van der Waals surface area contributed by atoms with E-state index in [9.17, 15) is 10.1 Å². The number of rotatable bonds is 4. The molecule has 0 spiro atoms. The lowest BCUT2D eigenvalue weighted by Crippen LogP contribution is -2.09. The zero-order valence-corrected chi connectivity index (χ0v) is 13.6. The van der Waals surface area contributed by atoms with Crippen LogP contribution in [0.1, 0.15) is 21.5 Å². The van der Waals surface area contributed by atoms with Gasteiger partial charge in [0, 0.05) is 10.0 Å². The summed E-state index contributed by atoms with van der Waals surface area (Å²) in [6.07, 6.45) is 0. The minimum Gasteiger partial charge on any atom is -0.383 e. The number of carbonyl (C=O) groups excluding carboxylic acids is 1. The molecule has 0 aliphatic heterocycles. The van der Waals surface area contributed by atoms with Crippen LogP contribution >= 0.6 is 27.7 Å². The standard InChI is InChI=1S/C15H9BrN4OS/c16-11-3-1-9(2-4-11)13(21)12-7-10(8-18)15(20-14(12)19)22-6-5-17/h1-4,7H,6H2,(H2,19,20). The molecular formula is C15H9BrN4OS. The molecule has 2 N–H and O–H groups in total. The largest absolute Gasteiger partial charge is 0.383 e. The minimum absolute atomic E-state index is 0.0485. The predicted molar refractivity (Wildman–Crippen MR) is 87.3 cm³/mol. The SMILES string of the molecule is N#CCSc1nc(N)c(C(=O)c2ccc(Br)cc2)cc1C#N. The molecule has 1 heterocycles.